The fraction of sp³-hybridized carbons (Fsp3) is 1.00. The Bertz CT molecular complexity index is 367. The van der Waals surface area contributed by atoms with Crippen molar-refractivity contribution in [2.75, 3.05) is 24.6 Å². The molecule has 0 nitrogen and oxygen atoms in total. The Morgan fingerprint density at radius 2 is 0.368 bits per heavy atom. The third-order valence-electron chi connectivity index (χ3n) is 9.49. The van der Waals surface area contributed by atoms with Gasteiger partial charge >= 0.3 is 246 Å². The molecule has 0 N–H and O–H groups in total. The summed E-state index contributed by atoms with van der Waals surface area (Å²) >= 11 is 0. The Morgan fingerprint density at radius 3 is 0.553 bits per heavy atom. The van der Waals surface area contributed by atoms with E-state index >= 15 is 0 Å². The van der Waals surface area contributed by atoms with E-state index in [2.05, 4.69) is 27.7 Å². The van der Waals surface area contributed by atoms with Crippen molar-refractivity contribution in [2.45, 2.75) is 214 Å². The van der Waals surface area contributed by atoms with Gasteiger partial charge in [-0.1, -0.05) is 0 Å². The first-order valence-corrected chi connectivity index (χ1v) is 21.6. The van der Waals surface area contributed by atoms with Gasteiger partial charge < -0.3 is 0 Å². The molecule has 232 valence electrons. The summed E-state index contributed by atoms with van der Waals surface area (Å²) in [5.41, 5.74) is 0. The van der Waals surface area contributed by atoms with Gasteiger partial charge in [0, 0.05) is 0 Å². The Hall–Kier alpha value is 0.430. The van der Waals surface area contributed by atoms with Gasteiger partial charge in [-0.15, -0.1) is 0 Å². The van der Waals surface area contributed by atoms with E-state index < -0.39 is 7.26 Å². The second-order valence-corrected chi connectivity index (χ2v) is 18.3. The van der Waals surface area contributed by atoms with Crippen molar-refractivity contribution in [2.24, 2.45) is 0 Å². The van der Waals surface area contributed by atoms with Crippen LogP contribution in [0.1, 0.15) is 214 Å². The molecule has 0 saturated heterocycles. The third kappa shape index (κ3) is 26.6. The molecule has 0 spiro atoms. The molecule has 0 heterocycles. The Kier molecular flexibility index (Phi) is 32.3. The molecule has 0 aliphatic rings. The van der Waals surface area contributed by atoms with Crippen LogP contribution >= 0.6 is 7.26 Å². The molecule has 0 unspecified atom stereocenters. The fourth-order valence-corrected chi connectivity index (χ4v) is 12.3. The predicted octanol–water partition coefficient (Wildman–Crippen LogP) is 14.1. The molecule has 0 aliphatic heterocycles. The van der Waals surface area contributed by atoms with Crippen LogP contribution in [0, 0.1) is 0 Å². The van der Waals surface area contributed by atoms with E-state index in [1.165, 1.54) is 161 Å². The van der Waals surface area contributed by atoms with E-state index in [0.29, 0.717) is 0 Å². The van der Waals surface area contributed by atoms with Crippen LogP contribution in [0.25, 0.3) is 0 Å². The zero-order chi connectivity index (χ0) is 27.8. The topological polar surface area (TPSA) is 0 Å². The van der Waals surface area contributed by atoms with Gasteiger partial charge in [-0.05, 0) is 0 Å². The van der Waals surface area contributed by atoms with Crippen molar-refractivity contribution in [1.29, 1.82) is 0 Å². The van der Waals surface area contributed by atoms with Gasteiger partial charge in [-0.3, -0.25) is 0 Å². The van der Waals surface area contributed by atoms with Crippen molar-refractivity contribution in [3.63, 3.8) is 0 Å². The van der Waals surface area contributed by atoms with Gasteiger partial charge in [-0.25, -0.2) is 0 Å². The molecular weight excluding hydrogens is 475 g/mol. The molecule has 0 radical (unpaired) electrons. The Morgan fingerprint density at radius 1 is 0.211 bits per heavy atom. The summed E-state index contributed by atoms with van der Waals surface area (Å²) in [6.07, 6.45) is 49.9. The number of rotatable bonds is 33. The van der Waals surface area contributed by atoms with Crippen LogP contribution in [-0.2, 0) is 0 Å². The minimum atomic E-state index is -1.10. The summed E-state index contributed by atoms with van der Waals surface area (Å²) in [6, 6.07) is 0. The van der Waals surface area contributed by atoms with Gasteiger partial charge in [0.15, 0.2) is 0 Å². The second kappa shape index (κ2) is 32.0. The van der Waals surface area contributed by atoms with Crippen LogP contribution in [0.4, 0.5) is 0 Å². The first kappa shape index (κ1) is 38.4. The van der Waals surface area contributed by atoms with Crippen LogP contribution in [0.5, 0.6) is 0 Å². The number of hydrogen-bond donors (Lipinski definition) is 0. The molecular formula is C37H79P. The van der Waals surface area contributed by atoms with E-state index in [1.54, 1.807) is 50.3 Å². The van der Waals surface area contributed by atoms with Gasteiger partial charge in [0.25, 0.3) is 0 Å². The van der Waals surface area contributed by atoms with Gasteiger partial charge in [0.2, 0.25) is 0 Å². The molecule has 0 amide bonds. The van der Waals surface area contributed by atoms with Gasteiger partial charge in [0.05, 0.1) is 0 Å². The summed E-state index contributed by atoms with van der Waals surface area (Å²) < 4.78 is 0. The summed E-state index contributed by atoms with van der Waals surface area (Å²) in [5.74, 6) is 0. The molecule has 0 fully saturated rings. The van der Waals surface area contributed by atoms with E-state index in [-0.39, 0.29) is 0 Å². The standard InChI is InChI=1S/C37H79P/c1-5-9-13-17-20-23-27-31-35-38(34-30-26-16-12-8-4,36-32-28-24-21-18-14-10-6-2)37-33-29-25-22-19-15-11-7-3/h38H,5-37H2,1-4H3. The van der Waals surface area contributed by atoms with Crippen molar-refractivity contribution in [3.05, 3.63) is 0 Å². The molecule has 0 aliphatic carbocycles. The normalized spacial score (nSPS) is 12.4. The predicted molar refractivity (Wildman–Crippen MR) is 184 cm³/mol. The molecule has 1 heteroatoms. The molecule has 38 heavy (non-hydrogen) atoms. The summed E-state index contributed by atoms with van der Waals surface area (Å²) in [5, 5.41) is 0. The number of hydrogen-bond acceptors (Lipinski definition) is 0. The zero-order valence-electron chi connectivity index (χ0n) is 27.8. The van der Waals surface area contributed by atoms with E-state index in [1.807, 2.05) is 0 Å². The Labute approximate surface area is 245 Å². The van der Waals surface area contributed by atoms with Crippen molar-refractivity contribution in [1.82, 2.24) is 0 Å². The molecule has 0 rings (SSSR count). The summed E-state index contributed by atoms with van der Waals surface area (Å²) in [6.45, 7) is 9.38. The van der Waals surface area contributed by atoms with Crippen molar-refractivity contribution >= 4 is 7.26 Å². The van der Waals surface area contributed by atoms with Crippen LogP contribution in [0.3, 0.4) is 0 Å². The third-order valence-corrected chi connectivity index (χ3v) is 15.1. The van der Waals surface area contributed by atoms with Crippen molar-refractivity contribution < 1.29 is 0 Å². The van der Waals surface area contributed by atoms with E-state index in [9.17, 15) is 0 Å². The first-order valence-electron chi connectivity index (χ1n) is 18.7. The monoisotopic (exact) mass is 555 g/mol. The molecule has 0 atom stereocenters. The van der Waals surface area contributed by atoms with Crippen LogP contribution in [0.15, 0.2) is 0 Å². The Balaban J connectivity index is 4.74. The van der Waals surface area contributed by atoms with E-state index in [0.717, 1.165) is 0 Å². The average molecular weight is 555 g/mol. The summed E-state index contributed by atoms with van der Waals surface area (Å²) in [7, 11) is -1.10. The molecule has 0 aromatic carbocycles. The quantitative estimate of drug-likeness (QED) is 0.0559. The SMILES string of the molecule is CCCCCCCCCC[PH](CCCCCCC)(CCCCCCCCCC)CCCCCCCCCC. The first-order chi connectivity index (χ1) is 18.7. The fourth-order valence-electron chi connectivity index (χ4n) is 6.76. The molecule has 0 saturated carbocycles. The van der Waals surface area contributed by atoms with Crippen LogP contribution < -0.4 is 0 Å². The van der Waals surface area contributed by atoms with Crippen LogP contribution in [0.2, 0.25) is 0 Å². The maximum atomic E-state index is 2.37. The van der Waals surface area contributed by atoms with Crippen LogP contribution in [-0.4, -0.2) is 24.6 Å². The molecule has 0 aromatic rings. The summed E-state index contributed by atoms with van der Waals surface area (Å²) in [4.78, 5) is 0. The maximum absolute atomic E-state index is 2.37. The zero-order valence-corrected chi connectivity index (χ0v) is 28.8. The average Bonchev–Trinajstić information content (AvgIpc) is 2.93. The second-order valence-electron chi connectivity index (χ2n) is 13.3. The number of unbranched alkanes of at least 4 members (excludes halogenated alkanes) is 25. The van der Waals surface area contributed by atoms with E-state index in [4.69, 9.17) is 0 Å². The van der Waals surface area contributed by atoms with Gasteiger partial charge in [-0.2, -0.15) is 0 Å². The molecule has 0 aromatic heterocycles. The van der Waals surface area contributed by atoms with Crippen molar-refractivity contribution in [3.8, 4) is 0 Å². The minimum absolute atomic E-state index is 1.10. The van der Waals surface area contributed by atoms with Gasteiger partial charge in [0.1, 0.15) is 0 Å². The molecule has 0 bridgehead atoms.